The zero-order valence-electron chi connectivity index (χ0n) is 25.9. The number of ether oxygens (including phenoxy) is 1. The number of hydrogen-bond acceptors (Lipinski definition) is 5. The van der Waals surface area contributed by atoms with Gasteiger partial charge in [0.15, 0.2) is 0 Å². The Hall–Kier alpha value is -3.85. The van der Waals surface area contributed by atoms with E-state index in [0.717, 1.165) is 26.6 Å². The number of carbonyl (C=O) groups excluding carboxylic acids is 2. The maximum atomic E-state index is 14.3. The molecule has 0 aliphatic rings. The fourth-order valence-corrected chi connectivity index (χ4v) is 6.11. The van der Waals surface area contributed by atoms with Crippen LogP contribution < -0.4 is 14.4 Å². The van der Waals surface area contributed by atoms with Crippen LogP contribution in [0.3, 0.4) is 0 Å². The average molecular weight is 594 g/mol. The maximum Gasteiger partial charge on any atom is 0.264 e. The SMILES string of the molecule is CC[C@H](C(=O)NC(C)(C)C)N(Cc1ccccc1C)C(=O)CN(c1cc(C)ccc1OC)S(=O)(=O)c1ccc(C)cc1. The zero-order chi connectivity index (χ0) is 31.2. The van der Waals surface area contributed by atoms with Crippen molar-refractivity contribution in [1.29, 1.82) is 0 Å². The lowest BCUT2D eigenvalue weighted by Crippen LogP contribution is -2.55. The predicted molar refractivity (Wildman–Crippen MR) is 167 cm³/mol. The fourth-order valence-electron chi connectivity index (χ4n) is 4.69. The number of carbonyl (C=O) groups is 2. The standard InChI is InChI=1S/C33H43N3O5S/c1-9-28(32(38)34-33(5,6)7)35(21-26-13-11-10-12-25(26)4)31(37)22-36(29-20-24(3)16-19-30(29)41-8)42(39,40)27-17-14-23(2)15-18-27/h10-20,28H,9,21-22H2,1-8H3,(H,34,38)/t28-/m1/s1. The van der Waals surface area contributed by atoms with E-state index >= 15 is 0 Å². The van der Waals surface area contributed by atoms with E-state index in [4.69, 9.17) is 4.74 Å². The molecule has 9 heteroatoms. The van der Waals surface area contributed by atoms with E-state index in [1.54, 1.807) is 24.3 Å². The number of nitrogens with zero attached hydrogens (tertiary/aromatic N) is 2. The third-order valence-electron chi connectivity index (χ3n) is 6.98. The van der Waals surface area contributed by atoms with Crippen molar-refractivity contribution in [2.45, 2.75) is 77.9 Å². The molecule has 0 unspecified atom stereocenters. The van der Waals surface area contributed by atoms with Gasteiger partial charge in [-0.2, -0.15) is 0 Å². The number of amides is 2. The molecule has 0 saturated carbocycles. The summed E-state index contributed by atoms with van der Waals surface area (Å²) in [5.41, 5.74) is 3.27. The molecule has 1 atom stereocenters. The summed E-state index contributed by atoms with van der Waals surface area (Å²) in [5, 5.41) is 2.99. The summed E-state index contributed by atoms with van der Waals surface area (Å²) in [7, 11) is -2.75. The van der Waals surface area contributed by atoms with Gasteiger partial charge in [0.2, 0.25) is 11.8 Å². The summed E-state index contributed by atoms with van der Waals surface area (Å²) in [6.07, 6.45) is 0.345. The van der Waals surface area contributed by atoms with Gasteiger partial charge in [-0.1, -0.05) is 55.0 Å². The van der Waals surface area contributed by atoms with Crippen LogP contribution in [0.1, 0.15) is 56.4 Å². The molecule has 0 aliphatic heterocycles. The molecular weight excluding hydrogens is 550 g/mol. The average Bonchev–Trinajstić information content (AvgIpc) is 2.91. The van der Waals surface area contributed by atoms with Crippen LogP contribution in [0.5, 0.6) is 5.75 Å². The fraction of sp³-hybridized carbons (Fsp3) is 0.394. The molecule has 0 aliphatic carbocycles. The third kappa shape index (κ3) is 7.91. The number of hydrogen-bond donors (Lipinski definition) is 1. The summed E-state index contributed by atoms with van der Waals surface area (Å²) in [6.45, 7) is 12.8. The van der Waals surface area contributed by atoms with Crippen LogP contribution in [0.4, 0.5) is 5.69 Å². The highest BCUT2D eigenvalue weighted by atomic mass is 32.2. The van der Waals surface area contributed by atoms with Gasteiger partial charge in [-0.3, -0.25) is 13.9 Å². The predicted octanol–water partition coefficient (Wildman–Crippen LogP) is 5.54. The van der Waals surface area contributed by atoms with Gasteiger partial charge < -0.3 is 15.0 Å². The van der Waals surface area contributed by atoms with Gasteiger partial charge in [-0.15, -0.1) is 0 Å². The van der Waals surface area contributed by atoms with Crippen molar-refractivity contribution in [2.24, 2.45) is 0 Å². The molecule has 3 aromatic carbocycles. The Labute approximate surface area is 250 Å². The van der Waals surface area contributed by atoms with Gasteiger partial charge >= 0.3 is 0 Å². The van der Waals surface area contributed by atoms with Crippen molar-refractivity contribution in [3.63, 3.8) is 0 Å². The summed E-state index contributed by atoms with van der Waals surface area (Å²) < 4.78 is 35.0. The van der Waals surface area contributed by atoms with Crippen LogP contribution >= 0.6 is 0 Å². The molecular formula is C33H43N3O5S. The number of aryl methyl sites for hydroxylation is 3. The first-order valence-corrected chi connectivity index (χ1v) is 15.5. The Morgan fingerprint density at radius 2 is 1.55 bits per heavy atom. The number of sulfonamides is 1. The molecule has 1 N–H and O–H groups in total. The highest BCUT2D eigenvalue weighted by Gasteiger charge is 2.35. The van der Waals surface area contributed by atoms with Crippen molar-refractivity contribution in [1.82, 2.24) is 10.2 Å². The molecule has 0 spiro atoms. The first-order valence-electron chi connectivity index (χ1n) is 14.1. The van der Waals surface area contributed by atoms with Crippen LogP contribution in [0.2, 0.25) is 0 Å². The molecule has 0 saturated heterocycles. The van der Waals surface area contributed by atoms with E-state index in [1.807, 2.05) is 78.8 Å². The minimum Gasteiger partial charge on any atom is -0.495 e. The van der Waals surface area contributed by atoms with Crippen molar-refractivity contribution < 1.29 is 22.7 Å². The largest absolute Gasteiger partial charge is 0.495 e. The molecule has 42 heavy (non-hydrogen) atoms. The monoisotopic (exact) mass is 593 g/mol. The normalized spacial score (nSPS) is 12.4. The highest BCUT2D eigenvalue weighted by molar-refractivity contribution is 7.92. The molecule has 0 bridgehead atoms. The lowest BCUT2D eigenvalue weighted by molar-refractivity contribution is -0.141. The van der Waals surface area contributed by atoms with Gasteiger partial charge in [-0.25, -0.2) is 8.42 Å². The van der Waals surface area contributed by atoms with Crippen LogP contribution in [-0.4, -0.2) is 50.4 Å². The zero-order valence-corrected chi connectivity index (χ0v) is 26.7. The summed E-state index contributed by atoms with van der Waals surface area (Å²) in [6, 6.07) is 18.5. The summed E-state index contributed by atoms with van der Waals surface area (Å²) >= 11 is 0. The number of rotatable bonds is 11. The molecule has 0 heterocycles. The Bertz CT molecular complexity index is 1510. The number of methoxy groups -OCH3 is 1. The van der Waals surface area contributed by atoms with Crippen LogP contribution in [0.15, 0.2) is 71.6 Å². The lowest BCUT2D eigenvalue weighted by Gasteiger charge is -2.35. The Kier molecular flexibility index (Phi) is 10.4. The van der Waals surface area contributed by atoms with Crippen LogP contribution in [-0.2, 0) is 26.2 Å². The van der Waals surface area contributed by atoms with E-state index in [2.05, 4.69) is 5.32 Å². The Morgan fingerprint density at radius 1 is 0.929 bits per heavy atom. The smallest absolute Gasteiger partial charge is 0.264 e. The van der Waals surface area contributed by atoms with Crippen LogP contribution in [0.25, 0.3) is 0 Å². The van der Waals surface area contributed by atoms with E-state index in [9.17, 15) is 18.0 Å². The van der Waals surface area contributed by atoms with Crippen molar-refractivity contribution in [3.8, 4) is 5.75 Å². The first-order chi connectivity index (χ1) is 19.7. The second-order valence-corrected chi connectivity index (χ2v) is 13.5. The molecule has 3 aromatic rings. The quantitative estimate of drug-likeness (QED) is 0.315. The van der Waals surface area contributed by atoms with E-state index < -0.39 is 34.1 Å². The van der Waals surface area contributed by atoms with Gasteiger partial charge in [0.05, 0.1) is 17.7 Å². The van der Waals surface area contributed by atoms with E-state index in [1.165, 1.54) is 24.1 Å². The van der Waals surface area contributed by atoms with Gasteiger partial charge in [-0.05, 0) is 88.9 Å². The summed E-state index contributed by atoms with van der Waals surface area (Å²) in [4.78, 5) is 29.4. The maximum absolute atomic E-state index is 14.3. The van der Waals surface area contributed by atoms with Crippen molar-refractivity contribution >= 4 is 27.5 Å². The van der Waals surface area contributed by atoms with Gasteiger partial charge in [0.25, 0.3) is 10.0 Å². The molecule has 0 aromatic heterocycles. The van der Waals surface area contributed by atoms with E-state index in [0.29, 0.717) is 12.2 Å². The van der Waals surface area contributed by atoms with Gasteiger partial charge in [0.1, 0.15) is 18.3 Å². The first kappa shape index (κ1) is 32.7. The third-order valence-corrected chi connectivity index (χ3v) is 8.75. The Morgan fingerprint density at radius 3 is 2.12 bits per heavy atom. The second-order valence-electron chi connectivity index (χ2n) is 11.6. The van der Waals surface area contributed by atoms with Crippen molar-refractivity contribution in [2.75, 3.05) is 18.0 Å². The molecule has 226 valence electrons. The second kappa shape index (κ2) is 13.4. The number of benzene rings is 3. The number of anilines is 1. The minimum atomic E-state index is -4.21. The van der Waals surface area contributed by atoms with Crippen molar-refractivity contribution in [3.05, 3.63) is 89.0 Å². The Balaban J connectivity index is 2.15. The molecule has 8 nitrogen and oxygen atoms in total. The van der Waals surface area contributed by atoms with Gasteiger partial charge in [0, 0.05) is 12.1 Å². The topological polar surface area (TPSA) is 96.0 Å². The molecule has 0 fully saturated rings. The molecule has 2 amide bonds. The van der Waals surface area contributed by atoms with E-state index in [-0.39, 0.29) is 23.0 Å². The lowest BCUT2D eigenvalue weighted by atomic mass is 10.0. The molecule has 0 radical (unpaired) electrons. The number of nitrogens with one attached hydrogen (secondary N) is 1. The minimum absolute atomic E-state index is 0.0485. The molecule has 3 rings (SSSR count). The summed E-state index contributed by atoms with van der Waals surface area (Å²) in [5.74, 6) is -0.492. The van der Waals surface area contributed by atoms with Crippen LogP contribution in [0, 0.1) is 20.8 Å². The highest BCUT2D eigenvalue weighted by Crippen LogP contribution is 2.34.